The van der Waals surface area contributed by atoms with E-state index in [1.807, 2.05) is 12.1 Å². The Hall–Kier alpha value is -1.44. The molecule has 22 heavy (non-hydrogen) atoms. The first-order chi connectivity index (χ1) is 10.6. The standard InChI is InChI=1S/C19H17Cl2N/c1-11-8-9-17-15(10-11)12-4-2-5-13(12)19(22-17)14-6-3-7-16(20)18(14)21/h2-4,6-10,12-13,19,22H,5H2,1H3/t12-,13+,19-/m1/s1. The van der Waals surface area contributed by atoms with Gasteiger partial charge in [-0.2, -0.15) is 0 Å². The molecule has 4 rings (SSSR count). The molecule has 1 aliphatic heterocycles. The highest BCUT2D eigenvalue weighted by Gasteiger charge is 2.38. The molecule has 0 unspecified atom stereocenters. The van der Waals surface area contributed by atoms with Crippen LogP contribution in [0.1, 0.15) is 35.1 Å². The van der Waals surface area contributed by atoms with Crippen molar-refractivity contribution in [2.75, 3.05) is 5.32 Å². The summed E-state index contributed by atoms with van der Waals surface area (Å²) in [6, 6.07) is 12.7. The van der Waals surface area contributed by atoms with Crippen LogP contribution in [0.25, 0.3) is 0 Å². The zero-order valence-corrected chi connectivity index (χ0v) is 13.8. The first kappa shape index (κ1) is 14.2. The number of benzene rings is 2. The van der Waals surface area contributed by atoms with Crippen molar-refractivity contribution in [1.29, 1.82) is 0 Å². The topological polar surface area (TPSA) is 12.0 Å². The van der Waals surface area contributed by atoms with Gasteiger partial charge in [0.15, 0.2) is 0 Å². The average molecular weight is 330 g/mol. The molecule has 0 radical (unpaired) electrons. The summed E-state index contributed by atoms with van der Waals surface area (Å²) in [4.78, 5) is 0. The summed E-state index contributed by atoms with van der Waals surface area (Å²) in [6.45, 7) is 2.15. The van der Waals surface area contributed by atoms with E-state index in [-0.39, 0.29) is 6.04 Å². The van der Waals surface area contributed by atoms with Crippen LogP contribution in [0.15, 0.2) is 48.6 Å². The van der Waals surface area contributed by atoms with Crippen molar-refractivity contribution in [2.24, 2.45) is 5.92 Å². The molecule has 2 aromatic rings. The van der Waals surface area contributed by atoms with E-state index in [4.69, 9.17) is 23.2 Å². The predicted molar refractivity (Wildman–Crippen MR) is 94.0 cm³/mol. The van der Waals surface area contributed by atoms with E-state index >= 15 is 0 Å². The number of rotatable bonds is 1. The SMILES string of the molecule is Cc1ccc2c(c1)[C@@H]1C=CC[C@@H]1[C@H](c1cccc(Cl)c1Cl)N2. The second-order valence-electron chi connectivity index (χ2n) is 6.21. The molecule has 0 bridgehead atoms. The van der Waals surface area contributed by atoms with Crippen LogP contribution in [0.2, 0.25) is 10.0 Å². The second-order valence-corrected chi connectivity index (χ2v) is 6.99. The summed E-state index contributed by atoms with van der Waals surface area (Å²) in [5.74, 6) is 0.946. The molecule has 1 N–H and O–H groups in total. The molecule has 0 spiro atoms. The van der Waals surface area contributed by atoms with Gasteiger partial charge >= 0.3 is 0 Å². The smallest absolute Gasteiger partial charge is 0.0645 e. The third-order valence-corrected chi connectivity index (χ3v) is 5.67. The van der Waals surface area contributed by atoms with Crippen molar-refractivity contribution in [3.05, 3.63) is 75.3 Å². The molecular weight excluding hydrogens is 313 g/mol. The summed E-state index contributed by atoms with van der Waals surface area (Å²) in [7, 11) is 0. The summed E-state index contributed by atoms with van der Waals surface area (Å²) in [6.07, 6.45) is 5.70. The van der Waals surface area contributed by atoms with E-state index in [0.717, 1.165) is 12.0 Å². The number of aryl methyl sites for hydroxylation is 1. The number of anilines is 1. The van der Waals surface area contributed by atoms with Crippen LogP contribution in [0.5, 0.6) is 0 Å². The number of allylic oxidation sites excluding steroid dienone is 2. The monoisotopic (exact) mass is 329 g/mol. The van der Waals surface area contributed by atoms with Crippen LogP contribution in [0, 0.1) is 12.8 Å². The molecule has 0 saturated carbocycles. The van der Waals surface area contributed by atoms with Crippen LogP contribution in [-0.2, 0) is 0 Å². The van der Waals surface area contributed by atoms with Gasteiger partial charge in [-0.15, -0.1) is 0 Å². The van der Waals surface area contributed by atoms with Crippen LogP contribution in [-0.4, -0.2) is 0 Å². The number of fused-ring (bicyclic) bond motifs is 3. The van der Waals surface area contributed by atoms with Crippen molar-refractivity contribution < 1.29 is 0 Å². The number of nitrogens with one attached hydrogen (secondary N) is 1. The number of hydrogen-bond donors (Lipinski definition) is 1. The van der Waals surface area contributed by atoms with Gasteiger partial charge in [-0.05, 0) is 42.5 Å². The van der Waals surface area contributed by atoms with Gasteiger partial charge in [0.05, 0.1) is 16.1 Å². The molecule has 3 atom stereocenters. The van der Waals surface area contributed by atoms with E-state index in [1.54, 1.807) is 0 Å². The molecule has 0 amide bonds. The number of halogens is 2. The third-order valence-electron chi connectivity index (χ3n) is 4.83. The zero-order valence-electron chi connectivity index (χ0n) is 12.3. The van der Waals surface area contributed by atoms with Gasteiger partial charge in [0.2, 0.25) is 0 Å². The Morgan fingerprint density at radius 2 is 1.95 bits per heavy atom. The molecule has 0 aromatic heterocycles. The minimum absolute atomic E-state index is 0.196. The van der Waals surface area contributed by atoms with Gasteiger partial charge in [0, 0.05) is 11.6 Å². The molecule has 1 heterocycles. The maximum atomic E-state index is 6.48. The van der Waals surface area contributed by atoms with Crippen molar-refractivity contribution in [2.45, 2.75) is 25.3 Å². The van der Waals surface area contributed by atoms with Gasteiger partial charge in [-0.3, -0.25) is 0 Å². The summed E-state index contributed by atoms with van der Waals surface area (Å²) < 4.78 is 0. The maximum absolute atomic E-state index is 6.48. The molecule has 3 heteroatoms. The van der Waals surface area contributed by atoms with E-state index < -0.39 is 0 Å². The van der Waals surface area contributed by atoms with Gasteiger partial charge in [0.1, 0.15) is 0 Å². The van der Waals surface area contributed by atoms with Gasteiger partial charge < -0.3 is 5.32 Å². The molecule has 1 nitrogen and oxygen atoms in total. The Balaban J connectivity index is 1.83. The van der Waals surface area contributed by atoms with E-state index in [2.05, 4.69) is 48.7 Å². The first-order valence-corrected chi connectivity index (χ1v) is 8.38. The lowest BCUT2D eigenvalue weighted by atomic mass is 9.76. The van der Waals surface area contributed by atoms with Gasteiger partial charge in [-0.25, -0.2) is 0 Å². The highest BCUT2D eigenvalue weighted by Crippen LogP contribution is 2.51. The fourth-order valence-electron chi connectivity index (χ4n) is 3.78. The Morgan fingerprint density at radius 1 is 1.09 bits per heavy atom. The van der Waals surface area contributed by atoms with Crippen LogP contribution in [0.3, 0.4) is 0 Å². The predicted octanol–water partition coefficient (Wildman–Crippen LogP) is 6.13. The van der Waals surface area contributed by atoms with Crippen molar-refractivity contribution in [1.82, 2.24) is 0 Å². The normalized spacial score (nSPS) is 25.5. The lowest BCUT2D eigenvalue weighted by Gasteiger charge is -2.38. The molecule has 2 aromatic carbocycles. The minimum atomic E-state index is 0.196. The molecule has 1 aliphatic carbocycles. The average Bonchev–Trinajstić information content (AvgIpc) is 2.99. The second kappa shape index (κ2) is 5.33. The van der Waals surface area contributed by atoms with Crippen molar-refractivity contribution in [3.63, 3.8) is 0 Å². The highest BCUT2D eigenvalue weighted by molar-refractivity contribution is 6.42. The maximum Gasteiger partial charge on any atom is 0.0645 e. The van der Waals surface area contributed by atoms with E-state index in [9.17, 15) is 0 Å². The highest BCUT2D eigenvalue weighted by atomic mass is 35.5. The third kappa shape index (κ3) is 2.15. The fraction of sp³-hybridized carbons (Fsp3) is 0.263. The van der Waals surface area contributed by atoms with Crippen molar-refractivity contribution >= 4 is 28.9 Å². The van der Waals surface area contributed by atoms with Crippen LogP contribution in [0.4, 0.5) is 5.69 Å². The molecule has 0 fully saturated rings. The fourth-order valence-corrected chi connectivity index (χ4v) is 4.21. The van der Waals surface area contributed by atoms with Crippen LogP contribution < -0.4 is 5.32 Å². The molecular formula is C19H17Cl2N. The lowest BCUT2D eigenvalue weighted by Crippen LogP contribution is -2.29. The zero-order chi connectivity index (χ0) is 15.3. The molecule has 112 valence electrons. The first-order valence-electron chi connectivity index (χ1n) is 7.63. The Bertz CT molecular complexity index is 766. The number of hydrogen-bond acceptors (Lipinski definition) is 1. The van der Waals surface area contributed by atoms with Crippen molar-refractivity contribution in [3.8, 4) is 0 Å². The van der Waals surface area contributed by atoms with E-state index in [1.165, 1.54) is 16.8 Å². The molecule has 0 saturated heterocycles. The van der Waals surface area contributed by atoms with Crippen LogP contribution >= 0.6 is 23.2 Å². The van der Waals surface area contributed by atoms with Gasteiger partial charge in [-0.1, -0.05) is 65.2 Å². The quantitative estimate of drug-likeness (QED) is 0.620. The molecule has 2 aliphatic rings. The Kier molecular flexibility index (Phi) is 3.43. The Morgan fingerprint density at radius 3 is 2.82 bits per heavy atom. The summed E-state index contributed by atoms with van der Waals surface area (Å²) >= 11 is 12.7. The van der Waals surface area contributed by atoms with E-state index in [0.29, 0.717) is 21.9 Å². The minimum Gasteiger partial charge on any atom is -0.378 e. The summed E-state index contributed by atoms with van der Waals surface area (Å²) in [5.41, 5.74) is 5.01. The van der Waals surface area contributed by atoms with Gasteiger partial charge in [0.25, 0.3) is 0 Å². The Labute approximate surface area is 140 Å². The lowest BCUT2D eigenvalue weighted by molar-refractivity contribution is 0.425. The largest absolute Gasteiger partial charge is 0.378 e. The summed E-state index contributed by atoms with van der Waals surface area (Å²) in [5, 5.41) is 4.99.